The van der Waals surface area contributed by atoms with Gasteiger partial charge < -0.3 is 20.8 Å². The number of nitrogens with zero attached hydrogens (tertiary/aromatic N) is 2. The lowest BCUT2D eigenvalue weighted by atomic mass is 10.0. The minimum Gasteiger partial charge on any atom is -0.394 e. The summed E-state index contributed by atoms with van der Waals surface area (Å²) in [6.45, 7) is 3.06. The summed E-state index contributed by atoms with van der Waals surface area (Å²) in [6.07, 6.45) is 1.67. The van der Waals surface area contributed by atoms with E-state index in [2.05, 4.69) is 15.7 Å². The van der Waals surface area contributed by atoms with Gasteiger partial charge in [-0.25, -0.2) is 0 Å². The first-order valence-electron chi connectivity index (χ1n) is 8.57. The number of carbonyl (C=O) groups excluding carboxylic acids is 1. The van der Waals surface area contributed by atoms with E-state index in [1.807, 2.05) is 41.9 Å². The molecule has 1 aliphatic rings. The summed E-state index contributed by atoms with van der Waals surface area (Å²) in [5, 5.41) is 29.3. The summed E-state index contributed by atoms with van der Waals surface area (Å²) < 4.78 is 1.91. The number of aliphatic hydroxyl groups is 2. The molecule has 0 bridgehead atoms. The SMILES string of the molecule is CCn1nccc1-c1ccc([C@H](CO)NC(=O)C2CC(O)CN2)cc1. The van der Waals surface area contributed by atoms with Gasteiger partial charge in [0.15, 0.2) is 0 Å². The lowest BCUT2D eigenvalue weighted by molar-refractivity contribution is -0.124. The largest absolute Gasteiger partial charge is 0.394 e. The van der Waals surface area contributed by atoms with Gasteiger partial charge in [-0.2, -0.15) is 5.10 Å². The average Bonchev–Trinajstić information content (AvgIpc) is 3.28. The van der Waals surface area contributed by atoms with E-state index >= 15 is 0 Å². The maximum absolute atomic E-state index is 12.3. The molecule has 1 aromatic heterocycles. The molecule has 3 rings (SSSR count). The Labute approximate surface area is 146 Å². The van der Waals surface area contributed by atoms with Crippen LogP contribution in [0.25, 0.3) is 11.3 Å². The second-order valence-electron chi connectivity index (χ2n) is 6.25. The monoisotopic (exact) mass is 344 g/mol. The number of β-amino-alcohol motifs (C(OH)–C–C–N with tert-alkyl or cyclic N) is 1. The Balaban J connectivity index is 1.70. The number of amides is 1. The van der Waals surface area contributed by atoms with Gasteiger partial charge in [0.05, 0.1) is 30.5 Å². The molecule has 2 aromatic rings. The van der Waals surface area contributed by atoms with Crippen LogP contribution >= 0.6 is 0 Å². The highest BCUT2D eigenvalue weighted by atomic mass is 16.3. The number of aryl methyl sites for hydroxylation is 1. The molecule has 0 radical (unpaired) electrons. The van der Waals surface area contributed by atoms with Gasteiger partial charge in [-0.3, -0.25) is 9.48 Å². The van der Waals surface area contributed by atoms with Crippen molar-refractivity contribution in [3.63, 3.8) is 0 Å². The predicted octanol–water partition coefficient (Wildman–Crippen LogP) is 0.442. The first-order chi connectivity index (χ1) is 12.1. The van der Waals surface area contributed by atoms with Crippen LogP contribution in [0.3, 0.4) is 0 Å². The third-order valence-corrected chi connectivity index (χ3v) is 4.55. The zero-order valence-electron chi connectivity index (χ0n) is 14.2. The van der Waals surface area contributed by atoms with Gasteiger partial charge in [-0.05, 0) is 30.5 Å². The molecule has 1 amide bonds. The molecule has 0 spiro atoms. The number of rotatable bonds is 6. The quantitative estimate of drug-likeness (QED) is 0.609. The summed E-state index contributed by atoms with van der Waals surface area (Å²) in [5.41, 5.74) is 2.90. The molecule has 3 atom stereocenters. The van der Waals surface area contributed by atoms with Crippen LogP contribution in [0.4, 0.5) is 0 Å². The Bertz CT molecular complexity index is 713. The van der Waals surface area contributed by atoms with Crippen LogP contribution in [-0.4, -0.2) is 51.2 Å². The summed E-state index contributed by atoms with van der Waals surface area (Å²) in [7, 11) is 0. The number of hydrogen-bond acceptors (Lipinski definition) is 5. The lowest BCUT2D eigenvalue weighted by Gasteiger charge is -2.20. The molecule has 4 N–H and O–H groups in total. The van der Waals surface area contributed by atoms with Crippen molar-refractivity contribution in [1.29, 1.82) is 0 Å². The van der Waals surface area contributed by atoms with Crippen molar-refractivity contribution in [2.45, 2.75) is 38.1 Å². The van der Waals surface area contributed by atoms with Crippen molar-refractivity contribution in [2.75, 3.05) is 13.2 Å². The predicted molar refractivity (Wildman–Crippen MR) is 93.7 cm³/mol. The number of nitrogens with one attached hydrogen (secondary N) is 2. The van der Waals surface area contributed by atoms with Gasteiger partial charge in [0.25, 0.3) is 0 Å². The Morgan fingerprint density at radius 2 is 2.16 bits per heavy atom. The van der Waals surface area contributed by atoms with E-state index in [-0.39, 0.29) is 12.5 Å². The van der Waals surface area contributed by atoms with Crippen molar-refractivity contribution in [3.05, 3.63) is 42.1 Å². The van der Waals surface area contributed by atoms with Gasteiger partial charge >= 0.3 is 0 Å². The van der Waals surface area contributed by atoms with Gasteiger partial charge in [0.2, 0.25) is 5.91 Å². The second kappa shape index (κ2) is 7.77. The van der Waals surface area contributed by atoms with E-state index in [1.54, 1.807) is 6.20 Å². The van der Waals surface area contributed by atoms with Crippen LogP contribution in [0, 0.1) is 0 Å². The van der Waals surface area contributed by atoms with Gasteiger partial charge in [-0.1, -0.05) is 24.3 Å². The summed E-state index contributed by atoms with van der Waals surface area (Å²) in [5.74, 6) is -0.205. The summed E-state index contributed by atoms with van der Waals surface area (Å²) >= 11 is 0. The van der Waals surface area contributed by atoms with Crippen LogP contribution in [0.15, 0.2) is 36.5 Å². The normalized spacial score (nSPS) is 21.2. The minimum absolute atomic E-state index is 0.187. The van der Waals surface area contributed by atoms with Crippen molar-refractivity contribution >= 4 is 5.91 Å². The van der Waals surface area contributed by atoms with E-state index in [9.17, 15) is 15.0 Å². The van der Waals surface area contributed by atoms with E-state index in [0.29, 0.717) is 13.0 Å². The fourth-order valence-electron chi connectivity index (χ4n) is 3.14. The number of benzene rings is 1. The molecule has 1 saturated heterocycles. The molecule has 1 fully saturated rings. The van der Waals surface area contributed by atoms with Crippen molar-refractivity contribution in [3.8, 4) is 11.3 Å². The fourth-order valence-corrected chi connectivity index (χ4v) is 3.14. The molecular weight excluding hydrogens is 320 g/mol. The molecule has 0 aliphatic carbocycles. The van der Waals surface area contributed by atoms with Gasteiger partial charge in [-0.15, -0.1) is 0 Å². The highest BCUT2D eigenvalue weighted by molar-refractivity contribution is 5.82. The number of carbonyl (C=O) groups is 1. The van der Waals surface area contributed by atoms with Crippen LogP contribution in [0.1, 0.15) is 24.9 Å². The maximum Gasteiger partial charge on any atom is 0.237 e. The summed E-state index contributed by atoms with van der Waals surface area (Å²) in [6, 6.07) is 8.80. The molecule has 0 saturated carbocycles. The summed E-state index contributed by atoms with van der Waals surface area (Å²) in [4.78, 5) is 12.3. The lowest BCUT2D eigenvalue weighted by Crippen LogP contribution is -2.42. The molecule has 2 unspecified atom stereocenters. The first kappa shape index (κ1) is 17.6. The molecule has 25 heavy (non-hydrogen) atoms. The zero-order valence-corrected chi connectivity index (χ0v) is 14.2. The van der Waals surface area contributed by atoms with Crippen molar-refractivity contribution in [2.24, 2.45) is 0 Å². The smallest absolute Gasteiger partial charge is 0.237 e. The highest BCUT2D eigenvalue weighted by Crippen LogP contribution is 2.22. The standard InChI is InChI=1S/C18H24N4O3/c1-2-22-17(7-8-20-22)13-5-3-12(4-6-13)16(11-23)21-18(25)15-9-14(24)10-19-15/h3-8,14-16,19,23-24H,2,9-11H2,1H3,(H,21,25)/t14?,15?,16-/m0/s1. The highest BCUT2D eigenvalue weighted by Gasteiger charge is 2.29. The Kier molecular flexibility index (Phi) is 5.47. The van der Waals surface area contributed by atoms with Crippen LogP contribution in [-0.2, 0) is 11.3 Å². The molecular formula is C18H24N4O3. The van der Waals surface area contributed by atoms with Crippen LogP contribution in [0.2, 0.25) is 0 Å². The van der Waals surface area contributed by atoms with E-state index in [1.165, 1.54) is 0 Å². The number of aliphatic hydroxyl groups excluding tert-OH is 2. The Morgan fingerprint density at radius 1 is 1.40 bits per heavy atom. The Hall–Kier alpha value is -2.22. The second-order valence-corrected chi connectivity index (χ2v) is 6.25. The topological polar surface area (TPSA) is 99.4 Å². The molecule has 1 aliphatic heterocycles. The third kappa shape index (κ3) is 3.89. The van der Waals surface area contributed by atoms with E-state index in [0.717, 1.165) is 23.4 Å². The molecule has 1 aromatic carbocycles. The van der Waals surface area contributed by atoms with E-state index < -0.39 is 18.2 Å². The van der Waals surface area contributed by atoms with Crippen LogP contribution in [0.5, 0.6) is 0 Å². The van der Waals surface area contributed by atoms with Gasteiger partial charge in [0.1, 0.15) is 0 Å². The molecule has 7 heteroatoms. The van der Waals surface area contributed by atoms with E-state index in [4.69, 9.17) is 0 Å². The average molecular weight is 344 g/mol. The maximum atomic E-state index is 12.3. The molecule has 2 heterocycles. The van der Waals surface area contributed by atoms with Gasteiger partial charge in [0, 0.05) is 19.3 Å². The fraction of sp³-hybridized carbons (Fsp3) is 0.444. The molecule has 134 valence electrons. The molecule has 7 nitrogen and oxygen atoms in total. The number of hydrogen-bond donors (Lipinski definition) is 4. The third-order valence-electron chi connectivity index (χ3n) is 4.55. The Morgan fingerprint density at radius 3 is 2.76 bits per heavy atom. The van der Waals surface area contributed by atoms with Crippen LogP contribution < -0.4 is 10.6 Å². The zero-order chi connectivity index (χ0) is 17.8. The van der Waals surface area contributed by atoms with Crippen molar-refractivity contribution < 1.29 is 15.0 Å². The minimum atomic E-state index is -0.494. The van der Waals surface area contributed by atoms with Crippen molar-refractivity contribution in [1.82, 2.24) is 20.4 Å². The number of aromatic nitrogens is 2. The first-order valence-corrected chi connectivity index (χ1v) is 8.57.